The molecule has 1 heterocycles. The van der Waals surface area contributed by atoms with Crippen LogP contribution in [0.5, 0.6) is 0 Å². The van der Waals surface area contributed by atoms with Gasteiger partial charge in [0.2, 0.25) is 0 Å². The van der Waals surface area contributed by atoms with Gasteiger partial charge in [-0.2, -0.15) is 0 Å². The Morgan fingerprint density at radius 2 is 1.52 bits per heavy atom. The first-order valence-corrected chi connectivity index (χ1v) is 9.85. The molecule has 0 fully saturated rings. The van der Waals surface area contributed by atoms with Crippen molar-refractivity contribution in [1.29, 1.82) is 0 Å². The van der Waals surface area contributed by atoms with Crippen LogP contribution < -0.4 is 4.90 Å². The van der Waals surface area contributed by atoms with E-state index in [1.807, 2.05) is 31.2 Å². The van der Waals surface area contributed by atoms with Crippen LogP contribution in [-0.2, 0) is 0 Å². The summed E-state index contributed by atoms with van der Waals surface area (Å²) in [5, 5.41) is 0. The lowest BCUT2D eigenvalue weighted by atomic mass is 10.1. The van der Waals surface area contributed by atoms with Crippen molar-refractivity contribution in [3.05, 3.63) is 99.5 Å². The van der Waals surface area contributed by atoms with Gasteiger partial charge in [-0.15, -0.1) is 0 Å². The monoisotopic (exact) mass is 448 g/mol. The fraction of sp³-hybridized carbons (Fsp3) is 0.0870. The third-order valence-corrected chi connectivity index (χ3v) is 5.49. The number of imide groups is 1. The van der Waals surface area contributed by atoms with Crippen LogP contribution >= 0.6 is 15.9 Å². The number of benzene rings is 3. The van der Waals surface area contributed by atoms with E-state index in [-0.39, 0.29) is 12.6 Å². The molecule has 0 N–H and O–H groups in total. The van der Waals surface area contributed by atoms with Crippen molar-refractivity contribution in [3.8, 4) is 0 Å². The van der Waals surface area contributed by atoms with Gasteiger partial charge in [0.15, 0.2) is 0 Å². The van der Waals surface area contributed by atoms with E-state index in [1.165, 1.54) is 4.90 Å². The molecule has 29 heavy (non-hydrogen) atoms. The summed E-state index contributed by atoms with van der Waals surface area (Å²) in [6.45, 7) is 1.73. The number of halogens is 1. The average Bonchev–Trinajstić information content (AvgIpc) is 2.97. The lowest BCUT2D eigenvalue weighted by Gasteiger charge is -2.28. The van der Waals surface area contributed by atoms with Crippen molar-refractivity contribution in [3.63, 3.8) is 0 Å². The molecule has 0 aliphatic carbocycles. The molecule has 0 spiro atoms. The van der Waals surface area contributed by atoms with E-state index in [4.69, 9.17) is 0 Å². The van der Waals surface area contributed by atoms with Crippen LogP contribution in [0.4, 0.5) is 5.69 Å². The number of hydrogen-bond donors (Lipinski definition) is 0. The highest BCUT2D eigenvalue weighted by Gasteiger charge is 2.37. The second kappa shape index (κ2) is 7.64. The molecule has 1 aliphatic rings. The Bertz CT molecular complexity index is 1110. The van der Waals surface area contributed by atoms with E-state index in [9.17, 15) is 14.4 Å². The molecule has 1 aliphatic heterocycles. The molecule has 4 rings (SSSR count). The predicted octanol–water partition coefficient (Wildman–Crippen LogP) is 4.66. The molecule has 0 unspecified atom stereocenters. The number of anilines is 1. The van der Waals surface area contributed by atoms with E-state index in [1.54, 1.807) is 48.5 Å². The van der Waals surface area contributed by atoms with Gasteiger partial charge in [0, 0.05) is 10.0 Å². The number of carbonyl (C=O) groups is 3. The van der Waals surface area contributed by atoms with Crippen LogP contribution in [0.1, 0.15) is 36.6 Å². The van der Waals surface area contributed by atoms with Gasteiger partial charge in [0.25, 0.3) is 17.7 Å². The highest BCUT2D eigenvalue weighted by atomic mass is 79.9. The zero-order valence-corrected chi connectivity index (χ0v) is 17.2. The first-order valence-electron chi connectivity index (χ1n) is 9.05. The third kappa shape index (κ3) is 3.47. The summed E-state index contributed by atoms with van der Waals surface area (Å²) in [5.74, 6) is -1.10. The molecule has 0 saturated carbocycles. The number of fused-ring (bicyclic) bond motifs is 1. The van der Waals surface area contributed by atoms with Crippen LogP contribution in [0.25, 0.3) is 0 Å². The van der Waals surface area contributed by atoms with Gasteiger partial charge < -0.3 is 0 Å². The minimum absolute atomic E-state index is 0.179. The zero-order chi connectivity index (χ0) is 20.5. The maximum Gasteiger partial charge on any atom is 0.263 e. The van der Waals surface area contributed by atoms with E-state index in [2.05, 4.69) is 15.9 Å². The van der Waals surface area contributed by atoms with E-state index in [0.29, 0.717) is 26.9 Å². The highest BCUT2D eigenvalue weighted by molar-refractivity contribution is 9.10. The van der Waals surface area contributed by atoms with E-state index < -0.39 is 11.8 Å². The molecule has 0 aromatic heterocycles. The standard InChI is InChI=1S/C23H17BrN2O3/c1-15-7-6-8-16(13-15)21(27)25(20-12-5-4-11-19(20)24)14-26-22(28)17-9-2-3-10-18(17)23(26)29/h2-13H,14H2,1H3. The molecule has 144 valence electrons. The Hall–Kier alpha value is -3.25. The molecule has 3 amide bonds. The van der Waals surface area contributed by atoms with Crippen molar-refractivity contribution >= 4 is 39.3 Å². The molecule has 6 heteroatoms. The van der Waals surface area contributed by atoms with Gasteiger partial charge in [-0.05, 0) is 59.3 Å². The van der Waals surface area contributed by atoms with Crippen LogP contribution in [0.3, 0.4) is 0 Å². The molecule has 3 aromatic rings. The summed E-state index contributed by atoms with van der Waals surface area (Å²) in [4.78, 5) is 41.6. The zero-order valence-electron chi connectivity index (χ0n) is 15.6. The van der Waals surface area contributed by atoms with Gasteiger partial charge in [0.05, 0.1) is 16.8 Å². The van der Waals surface area contributed by atoms with Crippen LogP contribution in [-0.4, -0.2) is 29.3 Å². The number of nitrogens with zero attached hydrogens (tertiary/aromatic N) is 2. The smallest absolute Gasteiger partial charge is 0.263 e. The largest absolute Gasteiger partial charge is 0.288 e. The first-order chi connectivity index (χ1) is 14.0. The van der Waals surface area contributed by atoms with Gasteiger partial charge in [0.1, 0.15) is 6.67 Å². The Morgan fingerprint density at radius 3 is 2.14 bits per heavy atom. The minimum atomic E-state index is -0.403. The molecular formula is C23H17BrN2O3. The Labute approximate surface area is 176 Å². The summed E-state index contributed by atoms with van der Waals surface area (Å²) in [7, 11) is 0. The molecular weight excluding hydrogens is 432 g/mol. The number of amides is 3. The lowest BCUT2D eigenvalue weighted by Crippen LogP contribution is -2.44. The SMILES string of the molecule is Cc1cccc(C(=O)N(CN2C(=O)c3ccccc3C2=O)c2ccccc2Br)c1. The molecule has 3 aromatic carbocycles. The lowest BCUT2D eigenvalue weighted by molar-refractivity contribution is 0.0650. The Kier molecular flexibility index (Phi) is 5.03. The topological polar surface area (TPSA) is 57.7 Å². The van der Waals surface area contributed by atoms with Gasteiger partial charge in [-0.1, -0.05) is 42.0 Å². The van der Waals surface area contributed by atoms with Crippen LogP contribution in [0.2, 0.25) is 0 Å². The Balaban J connectivity index is 1.74. The number of hydrogen-bond acceptors (Lipinski definition) is 3. The van der Waals surface area contributed by atoms with Crippen molar-refractivity contribution in [1.82, 2.24) is 4.90 Å². The van der Waals surface area contributed by atoms with Crippen molar-refractivity contribution in [2.45, 2.75) is 6.92 Å². The van der Waals surface area contributed by atoms with E-state index >= 15 is 0 Å². The predicted molar refractivity (Wildman–Crippen MR) is 114 cm³/mol. The number of rotatable bonds is 4. The maximum atomic E-state index is 13.4. The number of aryl methyl sites for hydroxylation is 1. The fourth-order valence-electron chi connectivity index (χ4n) is 3.36. The maximum absolute atomic E-state index is 13.4. The Morgan fingerprint density at radius 1 is 0.897 bits per heavy atom. The minimum Gasteiger partial charge on any atom is -0.288 e. The third-order valence-electron chi connectivity index (χ3n) is 4.81. The second-order valence-corrected chi connectivity index (χ2v) is 7.63. The molecule has 0 bridgehead atoms. The summed E-state index contributed by atoms with van der Waals surface area (Å²) < 4.78 is 0.692. The quantitative estimate of drug-likeness (QED) is 0.545. The summed E-state index contributed by atoms with van der Waals surface area (Å²) in [6, 6.07) is 21.1. The van der Waals surface area contributed by atoms with Gasteiger partial charge in [-0.3, -0.25) is 24.2 Å². The molecule has 0 radical (unpaired) electrons. The molecule has 0 atom stereocenters. The summed E-state index contributed by atoms with van der Waals surface area (Å²) in [6.07, 6.45) is 0. The summed E-state index contributed by atoms with van der Waals surface area (Å²) in [5.41, 5.74) is 2.72. The highest BCUT2D eigenvalue weighted by Crippen LogP contribution is 2.30. The second-order valence-electron chi connectivity index (χ2n) is 6.78. The summed E-state index contributed by atoms with van der Waals surface area (Å²) >= 11 is 3.48. The van der Waals surface area contributed by atoms with Gasteiger partial charge >= 0.3 is 0 Å². The normalized spacial score (nSPS) is 12.8. The van der Waals surface area contributed by atoms with E-state index in [0.717, 1.165) is 10.5 Å². The molecule has 0 saturated heterocycles. The van der Waals surface area contributed by atoms with Gasteiger partial charge in [-0.25, -0.2) is 0 Å². The van der Waals surface area contributed by atoms with Crippen molar-refractivity contribution in [2.24, 2.45) is 0 Å². The first kappa shape index (κ1) is 19.1. The van der Waals surface area contributed by atoms with Crippen molar-refractivity contribution < 1.29 is 14.4 Å². The fourth-order valence-corrected chi connectivity index (χ4v) is 3.86. The average molecular weight is 449 g/mol. The van der Waals surface area contributed by atoms with Crippen LogP contribution in [0.15, 0.2) is 77.3 Å². The van der Waals surface area contributed by atoms with Crippen LogP contribution in [0, 0.1) is 6.92 Å². The van der Waals surface area contributed by atoms with Crippen molar-refractivity contribution in [2.75, 3.05) is 11.6 Å². The molecule has 5 nitrogen and oxygen atoms in total. The number of carbonyl (C=O) groups excluding carboxylic acids is 3. The number of para-hydroxylation sites is 1.